The fourth-order valence-electron chi connectivity index (χ4n) is 2.18. The third kappa shape index (κ3) is 3.42. The first-order chi connectivity index (χ1) is 9.45. The molecule has 100 valence electrons. The van der Waals surface area contributed by atoms with Crippen molar-refractivity contribution in [1.29, 1.82) is 0 Å². The molecule has 0 aliphatic rings. The molecule has 0 spiro atoms. The summed E-state index contributed by atoms with van der Waals surface area (Å²) in [5.41, 5.74) is 0. The predicted octanol–water partition coefficient (Wildman–Crippen LogP) is 2.78. The Morgan fingerprint density at radius 3 is 0.900 bits per heavy atom. The molecule has 0 saturated heterocycles. The van der Waals surface area contributed by atoms with Crippen molar-refractivity contribution in [2.45, 2.75) is 0 Å². The van der Waals surface area contributed by atoms with E-state index in [0.717, 1.165) is 0 Å². The van der Waals surface area contributed by atoms with Gasteiger partial charge < -0.3 is 0 Å². The van der Waals surface area contributed by atoms with E-state index < -0.39 is 14.7 Å². The molecule has 0 aliphatic heterocycles. The first-order valence-electron chi connectivity index (χ1n) is 6.40. The van der Waals surface area contributed by atoms with Crippen LogP contribution in [0.15, 0.2) is 91.0 Å². The molecular formula is C18H16AsBr. The third-order valence-electron chi connectivity index (χ3n) is 3.04. The Morgan fingerprint density at radius 1 is 0.400 bits per heavy atom. The number of hydrogen-bond donors (Lipinski definition) is 0. The minimum absolute atomic E-state index is 0. The van der Waals surface area contributed by atoms with E-state index in [1.807, 2.05) is 0 Å². The van der Waals surface area contributed by atoms with Gasteiger partial charge in [-0.2, -0.15) is 0 Å². The SMILES string of the molecule is Br.c1ccc([As](c2ccccc2)c2ccccc2)cc1. The van der Waals surface area contributed by atoms with Gasteiger partial charge in [0.2, 0.25) is 0 Å². The third-order valence-corrected chi connectivity index (χ3v) is 8.17. The van der Waals surface area contributed by atoms with Crippen LogP contribution in [0.3, 0.4) is 0 Å². The predicted molar refractivity (Wildman–Crippen MR) is 94.3 cm³/mol. The summed E-state index contributed by atoms with van der Waals surface area (Å²) in [4.78, 5) is 0. The summed E-state index contributed by atoms with van der Waals surface area (Å²) >= 11 is -1.39. The van der Waals surface area contributed by atoms with Gasteiger partial charge in [-0.25, -0.2) is 0 Å². The van der Waals surface area contributed by atoms with Crippen LogP contribution < -0.4 is 13.1 Å². The van der Waals surface area contributed by atoms with Crippen LogP contribution in [0.5, 0.6) is 0 Å². The molecule has 0 unspecified atom stereocenters. The molecule has 0 fully saturated rings. The van der Waals surface area contributed by atoms with E-state index in [4.69, 9.17) is 0 Å². The average Bonchev–Trinajstić information content (AvgIpc) is 2.51. The molecule has 0 heterocycles. The van der Waals surface area contributed by atoms with Crippen molar-refractivity contribution >= 4 is 44.7 Å². The molecule has 3 aromatic rings. The molecule has 0 aliphatic carbocycles. The van der Waals surface area contributed by atoms with Crippen LogP contribution >= 0.6 is 17.0 Å². The fraction of sp³-hybridized carbons (Fsp3) is 0. The van der Waals surface area contributed by atoms with Crippen LogP contribution in [0.25, 0.3) is 0 Å². The standard InChI is InChI=1S/C18H15As.BrH/c1-4-10-16(11-5-1)19(17-12-6-2-7-13-17)18-14-8-3-9-15-18;/h1-15H;1H. The monoisotopic (exact) mass is 386 g/mol. The Balaban J connectivity index is 0.00000147. The molecular weight excluding hydrogens is 371 g/mol. The summed E-state index contributed by atoms with van der Waals surface area (Å²) in [5, 5.41) is 0. The van der Waals surface area contributed by atoms with Gasteiger partial charge in [0.05, 0.1) is 0 Å². The Bertz CT molecular complexity index is 529. The molecule has 0 bridgehead atoms. The van der Waals surface area contributed by atoms with Crippen molar-refractivity contribution in [3.8, 4) is 0 Å². The van der Waals surface area contributed by atoms with E-state index in [-0.39, 0.29) is 17.0 Å². The van der Waals surface area contributed by atoms with Crippen molar-refractivity contribution in [2.24, 2.45) is 0 Å². The molecule has 3 rings (SSSR count). The second-order valence-corrected chi connectivity index (χ2v) is 9.00. The van der Waals surface area contributed by atoms with Crippen molar-refractivity contribution in [3.63, 3.8) is 0 Å². The van der Waals surface area contributed by atoms with E-state index in [1.165, 1.54) is 13.1 Å². The van der Waals surface area contributed by atoms with E-state index in [2.05, 4.69) is 91.0 Å². The van der Waals surface area contributed by atoms with Crippen LogP contribution in [0.4, 0.5) is 0 Å². The maximum absolute atomic E-state index is 2.26. The molecule has 2 heteroatoms. The van der Waals surface area contributed by atoms with E-state index in [0.29, 0.717) is 0 Å². The number of hydrogen-bond acceptors (Lipinski definition) is 0. The van der Waals surface area contributed by atoms with Crippen LogP contribution in [0.1, 0.15) is 0 Å². The Kier molecular flexibility index (Phi) is 5.64. The fourth-order valence-corrected chi connectivity index (χ4v) is 7.02. The number of rotatable bonds is 3. The molecule has 0 radical (unpaired) electrons. The average molecular weight is 387 g/mol. The zero-order valence-corrected chi connectivity index (χ0v) is 14.6. The second-order valence-electron chi connectivity index (χ2n) is 4.34. The van der Waals surface area contributed by atoms with Crippen LogP contribution in [0.2, 0.25) is 0 Å². The Hall–Kier alpha value is -1.30. The molecule has 20 heavy (non-hydrogen) atoms. The van der Waals surface area contributed by atoms with Gasteiger partial charge in [-0.05, 0) is 0 Å². The molecule has 3 aromatic carbocycles. The van der Waals surface area contributed by atoms with Gasteiger partial charge in [-0.15, -0.1) is 17.0 Å². The summed E-state index contributed by atoms with van der Waals surface area (Å²) < 4.78 is 4.44. The molecule has 0 nitrogen and oxygen atoms in total. The molecule has 0 atom stereocenters. The van der Waals surface area contributed by atoms with Crippen molar-refractivity contribution in [2.75, 3.05) is 0 Å². The second kappa shape index (κ2) is 7.47. The summed E-state index contributed by atoms with van der Waals surface area (Å²) in [7, 11) is 0. The summed E-state index contributed by atoms with van der Waals surface area (Å²) in [6.45, 7) is 0. The summed E-state index contributed by atoms with van der Waals surface area (Å²) in [6, 6.07) is 32.7. The normalized spacial score (nSPS) is 10.1. The van der Waals surface area contributed by atoms with E-state index >= 15 is 0 Å². The van der Waals surface area contributed by atoms with Gasteiger partial charge in [-0.3, -0.25) is 0 Å². The zero-order valence-electron chi connectivity index (χ0n) is 11.0. The van der Waals surface area contributed by atoms with Crippen LogP contribution in [-0.4, -0.2) is 14.7 Å². The van der Waals surface area contributed by atoms with Crippen molar-refractivity contribution in [1.82, 2.24) is 0 Å². The molecule has 0 amide bonds. The first kappa shape index (κ1) is 15.1. The van der Waals surface area contributed by atoms with Gasteiger partial charge in [0.15, 0.2) is 0 Å². The molecule has 0 saturated carbocycles. The topological polar surface area (TPSA) is 0 Å². The zero-order chi connectivity index (χ0) is 12.9. The summed E-state index contributed by atoms with van der Waals surface area (Å²) in [5.74, 6) is 0. The van der Waals surface area contributed by atoms with Gasteiger partial charge in [-0.1, -0.05) is 0 Å². The van der Waals surface area contributed by atoms with E-state index in [9.17, 15) is 0 Å². The molecule has 0 aromatic heterocycles. The van der Waals surface area contributed by atoms with Crippen molar-refractivity contribution < 1.29 is 0 Å². The van der Waals surface area contributed by atoms with Crippen LogP contribution in [-0.2, 0) is 0 Å². The van der Waals surface area contributed by atoms with Crippen molar-refractivity contribution in [3.05, 3.63) is 91.0 Å². The van der Waals surface area contributed by atoms with Gasteiger partial charge >= 0.3 is 119 Å². The maximum atomic E-state index is 2.26. The van der Waals surface area contributed by atoms with Gasteiger partial charge in [0, 0.05) is 0 Å². The Morgan fingerprint density at radius 2 is 0.650 bits per heavy atom. The minimum atomic E-state index is -1.39. The van der Waals surface area contributed by atoms with Gasteiger partial charge in [0.25, 0.3) is 0 Å². The van der Waals surface area contributed by atoms with Crippen LogP contribution in [0, 0.1) is 0 Å². The number of halogens is 1. The van der Waals surface area contributed by atoms with E-state index in [1.54, 1.807) is 0 Å². The van der Waals surface area contributed by atoms with Gasteiger partial charge in [0.1, 0.15) is 0 Å². The number of benzene rings is 3. The Labute approximate surface area is 135 Å². The quantitative estimate of drug-likeness (QED) is 0.607. The molecule has 0 N–H and O–H groups in total. The summed E-state index contributed by atoms with van der Waals surface area (Å²) in [6.07, 6.45) is 0. The first-order valence-corrected chi connectivity index (χ1v) is 9.22.